The van der Waals surface area contributed by atoms with Gasteiger partial charge in [0.1, 0.15) is 0 Å². The summed E-state index contributed by atoms with van der Waals surface area (Å²) < 4.78 is 0. The number of nitrogens with one attached hydrogen (secondary N) is 1. The molecule has 3 rings (SSSR count). The van der Waals surface area contributed by atoms with Crippen molar-refractivity contribution in [3.05, 3.63) is 54.6 Å². The van der Waals surface area contributed by atoms with E-state index in [1.54, 1.807) is 30.8 Å². The molecule has 1 aliphatic heterocycles. The number of likely N-dealkylation sites (tertiary alicyclic amines) is 1. The number of piperidine rings is 1. The molecule has 1 unspecified atom stereocenters. The van der Waals surface area contributed by atoms with E-state index in [0.717, 1.165) is 34.9 Å². The fraction of sp³-hybridized carbons (Fsp3) is 0.364. The van der Waals surface area contributed by atoms with Gasteiger partial charge in [-0.15, -0.1) is 0 Å². The van der Waals surface area contributed by atoms with Gasteiger partial charge in [0.2, 0.25) is 11.8 Å². The minimum Gasteiger partial charge on any atom is -0.349 e. The van der Waals surface area contributed by atoms with Crippen molar-refractivity contribution >= 4 is 29.3 Å². The molecule has 1 fully saturated rings. The smallest absolute Gasteiger partial charge is 0.238 e. The lowest BCUT2D eigenvalue weighted by Crippen LogP contribution is -2.45. The van der Waals surface area contributed by atoms with E-state index in [-0.39, 0.29) is 17.7 Å². The van der Waals surface area contributed by atoms with E-state index in [4.69, 9.17) is 0 Å². The summed E-state index contributed by atoms with van der Waals surface area (Å²) in [6.07, 6.45) is 1.84. The summed E-state index contributed by atoms with van der Waals surface area (Å²) >= 11 is 1.63. The van der Waals surface area contributed by atoms with Crippen LogP contribution in [0.4, 0.5) is 5.69 Å². The molecule has 0 aromatic heterocycles. The Labute approximate surface area is 171 Å². The van der Waals surface area contributed by atoms with Crippen molar-refractivity contribution < 1.29 is 9.59 Å². The van der Waals surface area contributed by atoms with Crippen LogP contribution in [0.3, 0.4) is 0 Å². The topological polar surface area (TPSA) is 52.7 Å². The zero-order valence-electron chi connectivity index (χ0n) is 16.4. The zero-order chi connectivity index (χ0) is 19.9. The van der Waals surface area contributed by atoms with Gasteiger partial charge in [-0.1, -0.05) is 42.1 Å². The number of benzene rings is 2. The van der Waals surface area contributed by atoms with Crippen molar-refractivity contribution in [1.29, 1.82) is 0 Å². The largest absolute Gasteiger partial charge is 0.349 e. The third-order valence-electron chi connectivity index (χ3n) is 4.79. The monoisotopic (exact) mass is 397 g/mol. The van der Waals surface area contributed by atoms with Crippen molar-refractivity contribution in [3.8, 4) is 0 Å². The van der Waals surface area contributed by atoms with Crippen LogP contribution in [-0.2, 0) is 9.59 Å². The van der Waals surface area contributed by atoms with Crippen LogP contribution in [0.15, 0.2) is 64.4 Å². The van der Waals surface area contributed by atoms with Crippen LogP contribution in [0.25, 0.3) is 0 Å². The molecule has 0 radical (unpaired) electrons. The Hall–Kier alpha value is -2.31. The van der Waals surface area contributed by atoms with Crippen LogP contribution in [-0.4, -0.2) is 55.3 Å². The van der Waals surface area contributed by atoms with E-state index >= 15 is 0 Å². The van der Waals surface area contributed by atoms with Crippen molar-refractivity contribution in [3.63, 3.8) is 0 Å². The molecule has 2 aromatic rings. The van der Waals surface area contributed by atoms with Gasteiger partial charge in [-0.05, 0) is 43.7 Å². The van der Waals surface area contributed by atoms with Gasteiger partial charge in [0.25, 0.3) is 0 Å². The first-order valence-electron chi connectivity index (χ1n) is 9.58. The molecular formula is C22H27N3O2S. The first-order valence-corrected chi connectivity index (χ1v) is 10.4. The second kappa shape index (κ2) is 9.75. The van der Waals surface area contributed by atoms with Crippen LogP contribution < -0.4 is 5.32 Å². The van der Waals surface area contributed by atoms with Crippen LogP contribution in [0.1, 0.15) is 12.8 Å². The number of hydrogen-bond acceptors (Lipinski definition) is 4. The van der Waals surface area contributed by atoms with Gasteiger partial charge in [0.15, 0.2) is 0 Å². The summed E-state index contributed by atoms with van der Waals surface area (Å²) in [4.78, 5) is 30.7. The number of rotatable bonds is 6. The van der Waals surface area contributed by atoms with Gasteiger partial charge in [0, 0.05) is 30.4 Å². The molecule has 28 heavy (non-hydrogen) atoms. The molecule has 0 spiro atoms. The van der Waals surface area contributed by atoms with E-state index in [0.29, 0.717) is 13.1 Å². The maximum Gasteiger partial charge on any atom is 0.238 e. The molecule has 2 aromatic carbocycles. The minimum atomic E-state index is -0.0425. The molecule has 0 bridgehead atoms. The third-order valence-corrected chi connectivity index (χ3v) is 5.88. The molecular weight excluding hydrogens is 370 g/mol. The number of carbonyl (C=O) groups is 2. The summed E-state index contributed by atoms with van der Waals surface area (Å²) in [7, 11) is 3.57. The van der Waals surface area contributed by atoms with Gasteiger partial charge in [0.05, 0.1) is 18.2 Å². The zero-order valence-corrected chi connectivity index (χ0v) is 17.2. The molecule has 0 saturated carbocycles. The summed E-state index contributed by atoms with van der Waals surface area (Å²) in [5, 5.41) is 3.05. The van der Waals surface area contributed by atoms with Crippen LogP contribution in [0.2, 0.25) is 0 Å². The fourth-order valence-corrected chi connectivity index (χ4v) is 4.36. The average Bonchev–Trinajstić information content (AvgIpc) is 2.70. The highest BCUT2D eigenvalue weighted by molar-refractivity contribution is 7.99. The molecule has 1 saturated heterocycles. The Kier molecular flexibility index (Phi) is 7.12. The van der Waals surface area contributed by atoms with E-state index in [2.05, 4.69) is 22.3 Å². The number of anilines is 1. The molecule has 6 heteroatoms. The lowest BCUT2D eigenvalue weighted by atomic mass is 9.97. The molecule has 0 aliphatic carbocycles. The average molecular weight is 398 g/mol. The van der Waals surface area contributed by atoms with Gasteiger partial charge in [-0.3, -0.25) is 14.5 Å². The van der Waals surface area contributed by atoms with E-state index in [9.17, 15) is 9.59 Å². The summed E-state index contributed by atoms with van der Waals surface area (Å²) in [5.41, 5.74) is 0.819. The highest BCUT2D eigenvalue weighted by Gasteiger charge is 2.27. The minimum absolute atomic E-state index is 0.0162. The number of hydrogen-bond donors (Lipinski definition) is 1. The normalized spacial score (nSPS) is 17.1. The summed E-state index contributed by atoms with van der Waals surface area (Å²) in [6.45, 7) is 1.80. The Morgan fingerprint density at radius 2 is 1.82 bits per heavy atom. The van der Waals surface area contributed by atoms with E-state index < -0.39 is 0 Å². The maximum atomic E-state index is 12.6. The Morgan fingerprint density at radius 3 is 2.57 bits per heavy atom. The highest BCUT2D eigenvalue weighted by Crippen LogP contribution is 2.33. The fourth-order valence-electron chi connectivity index (χ4n) is 3.43. The predicted molar refractivity (Wildman–Crippen MR) is 113 cm³/mol. The Morgan fingerprint density at radius 1 is 1.11 bits per heavy atom. The third kappa shape index (κ3) is 5.59. The van der Waals surface area contributed by atoms with Crippen molar-refractivity contribution in [2.75, 3.05) is 39.0 Å². The molecule has 1 atom stereocenters. The van der Waals surface area contributed by atoms with Gasteiger partial charge in [-0.2, -0.15) is 0 Å². The second-order valence-electron chi connectivity index (χ2n) is 7.27. The molecule has 2 amide bonds. The van der Waals surface area contributed by atoms with E-state index in [1.807, 2.05) is 42.5 Å². The Balaban J connectivity index is 1.60. The molecule has 1 N–H and O–H groups in total. The number of carbonyl (C=O) groups excluding carboxylic acids is 2. The lowest BCUT2D eigenvalue weighted by molar-refractivity contribution is -0.135. The predicted octanol–water partition coefficient (Wildman–Crippen LogP) is 3.58. The summed E-state index contributed by atoms with van der Waals surface area (Å²) in [5.74, 6) is 0.0891. The van der Waals surface area contributed by atoms with Crippen LogP contribution in [0.5, 0.6) is 0 Å². The first-order chi connectivity index (χ1) is 13.5. The lowest BCUT2D eigenvalue weighted by Gasteiger charge is -2.32. The van der Waals surface area contributed by atoms with Gasteiger partial charge < -0.3 is 10.2 Å². The maximum absolute atomic E-state index is 12.6. The highest BCUT2D eigenvalue weighted by atomic mass is 32.2. The van der Waals surface area contributed by atoms with Crippen molar-refractivity contribution in [1.82, 2.24) is 9.80 Å². The second-order valence-corrected chi connectivity index (χ2v) is 8.38. The van der Waals surface area contributed by atoms with Gasteiger partial charge >= 0.3 is 0 Å². The van der Waals surface area contributed by atoms with Crippen molar-refractivity contribution in [2.24, 2.45) is 5.92 Å². The van der Waals surface area contributed by atoms with Gasteiger partial charge in [-0.25, -0.2) is 0 Å². The van der Waals surface area contributed by atoms with E-state index in [1.165, 1.54) is 0 Å². The Bertz CT molecular complexity index is 810. The van der Waals surface area contributed by atoms with Crippen molar-refractivity contribution in [2.45, 2.75) is 22.6 Å². The number of para-hydroxylation sites is 1. The first kappa shape index (κ1) is 20.4. The standard InChI is InChI=1S/C22H27N3O2S/c1-24(2)22(27)17-9-8-14-25(15-17)16-21(26)23-19-12-6-7-13-20(19)28-18-10-4-3-5-11-18/h3-7,10-13,17H,8-9,14-16H2,1-2H3,(H,23,26). The SMILES string of the molecule is CN(C)C(=O)C1CCCN(CC(=O)Nc2ccccc2Sc2ccccc2)C1. The molecule has 1 heterocycles. The number of amides is 2. The summed E-state index contributed by atoms with van der Waals surface area (Å²) in [6, 6.07) is 18.0. The van der Waals surface area contributed by atoms with Crippen LogP contribution >= 0.6 is 11.8 Å². The molecule has 5 nitrogen and oxygen atoms in total. The quantitative estimate of drug-likeness (QED) is 0.810. The number of nitrogens with zero attached hydrogens (tertiary/aromatic N) is 2. The molecule has 148 valence electrons. The molecule has 1 aliphatic rings. The van der Waals surface area contributed by atoms with Crippen LogP contribution in [0, 0.1) is 5.92 Å².